The minimum absolute atomic E-state index is 0.105. The number of nitrogens with one attached hydrogen (secondary N) is 2. The first-order chi connectivity index (χ1) is 10.3. The molecule has 8 heteroatoms. The molecule has 0 spiro atoms. The number of thioether (sulfide) groups is 2. The third-order valence-corrected chi connectivity index (χ3v) is 6.67. The molecule has 2 unspecified atom stereocenters. The van der Waals surface area contributed by atoms with E-state index in [1.54, 1.807) is 0 Å². The van der Waals surface area contributed by atoms with Gasteiger partial charge in [0.2, 0.25) is 22.0 Å². The number of rotatable bonds is 4. The van der Waals surface area contributed by atoms with Gasteiger partial charge < -0.3 is 10.6 Å². The quantitative estimate of drug-likeness (QED) is 0.731. The van der Waals surface area contributed by atoms with Gasteiger partial charge in [-0.25, -0.2) is 0 Å². The second kappa shape index (κ2) is 5.51. The van der Waals surface area contributed by atoms with Crippen molar-refractivity contribution in [2.75, 3.05) is 0 Å². The molecule has 2 fully saturated rings. The smallest absolute Gasteiger partial charge is 0.235 e. The summed E-state index contributed by atoms with van der Waals surface area (Å²) in [6, 6.07) is -1.19. The Morgan fingerprint density at radius 3 is 1.39 bits per heavy atom. The minimum atomic E-state index is -1.37. The summed E-state index contributed by atoms with van der Waals surface area (Å²) in [4.78, 5) is 48.2. The molecule has 0 aromatic rings. The van der Waals surface area contributed by atoms with E-state index in [0.29, 0.717) is 0 Å². The van der Waals surface area contributed by atoms with Crippen LogP contribution in [0.3, 0.4) is 0 Å². The highest BCUT2D eigenvalue weighted by molar-refractivity contribution is 8.17. The van der Waals surface area contributed by atoms with Gasteiger partial charge in [0.25, 0.3) is 0 Å². The zero-order valence-corrected chi connectivity index (χ0v) is 15.7. The van der Waals surface area contributed by atoms with Gasteiger partial charge in [0.15, 0.2) is 0 Å². The molecule has 2 saturated heterocycles. The van der Waals surface area contributed by atoms with Gasteiger partial charge in [-0.3, -0.25) is 19.2 Å². The van der Waals surface area contributed by atoms with Crippen molar-refractivity contribution < 1.29 is 19.2 Å². The summed E-state index contributed by atoms with van der Waals surface area (Å²) in [5, 5.41) is 5.11. The first kappa shape index (κ1) is 18.3. The van der Waals surface area contributed by atoms with E-state index in [4.69, 9.17) is 0 Å². The van der Waals surface area contributed by atoms with Crippen molar-refractivity contribution in [3.8, 4) is 0 Å². The zero-order chi connectivity index (χ0) is 17.8. The lowest BCUT2D eigenvalue weighted by atomic mass is 9.88. The number of hydrogen-bond acceptors (Lipinski definition) is 6. The minimum Gasteiger partial charge on any atom is -0.343 e. The van der Waals surface area contributed by atoms with E-state index in [-0.39, 0.29) is 19.7 Å². The SMILES string of the molecule is CC(C)(C(=O)NC1C(=O)SC1(C)C)C(=O)NC1C(=O)SC1(C)C. The van der Waals surface area contributed by atoms with Crippen molar-refractivity contribution in [3.63, 3.8) is 0 Å². The molecule has 2 heterocycles. The third-order valence-electron chi connectivity index (χ3n) is 4.28. The van der Waals surface area contributed by atoms with Crippen LogP contribution in [0.15, 0.2) is 0 Å². The molecule has 0 saturated carbocycles. The van der Waals surface area contributed by atoms with Crippen LogP contribution in [0.25, 0.3) is 0 Å². The summed E-state index contributed by atoms with van der Waals surface area (Å²) in [6.07, 6.45) is 0. The maximum Gasteiger partial charge on any atom is 0.235 e. The molecule has 2 aliphatic rings. The Kier molecular flexibility index (Phi) is 4.39. The molecule has 2 N–H and O–H groups in total. The molecule has 128 valence electrons. The summed E-state index contributed by atoms with van der Waals surface area (Å²) in [6.45, 7) is 10.4. The number of amides is 2. The monoisotopic (exact) mass is 358 g/mol. The standard InChI is InChI=1S/C15H22N2O4S2/c1-13(2,11(20)16-7-9(18)22-14(7,3)4)12(21)17-8-10(19)23-15(8,5)6/h7-8H,1-6H3,(H,16,20)(H,17,21). The van der Waals surface area contributed by atoms with Crippen LogP contribution in [-0.2, 0) is 19.2 Å². The first-order valence-electron chi connectivity index (χ1n) is 7.37. The lowest BCUT2D eigenvalue weighted by Gasteiger charge is -2.44. The lowest BCUT2D eigenvalue weighted by molar-refractivity contribution is -0.144. The van der Waals surface area contributed by atoms with Gasteiger partial charge in [0.1, 0.15) is 17.5 Å². The number of carbonyl (C=O) groups is 4. The fraction of sp³-hybridized carbons (Fsp3) is 0.733. The van der Waals surface area contributed by atoms with E-state index in [1.807, 2.05) is 27.7 Å². The lowest BCUT2D eigenvalue weighted by Crippen LogP contribution is -2.65. The maximum absolute atomic E-state index is 12.4. The summed E-state index contributed by atoms with van der Waals surface area (Å²) in [5.41, 5.74) is -1.37. The second-order valence-electron chi connectivity index (χ2n) is 7.49. The molecular formula is C15H22N2O4S2. The topological polar surface area (TPSA) is 92.3 Å². The summed E-state index contributed by atoms with van der Waals surface area (Å²) in [5.74, 6) is -1.03. The highest BCUT2D eigenvalue weighted by Gasteiger charge is 2.53. The normalized spacial score (nSPS) is 28.4. The van der Waals surface area contributed by atoms with Gasteiger partial charge in [-0.2, -0.15) is 0 Å². The molecular weight excluding hydrogens is 336 g/mol. The van der Waals surface area contributed by atoms with E-state index in [2.05, 4.69) is 10.6 Å². The van der Waals surface area contributed by atoms with Gasteiger partial charge in [0, 0.05) is 9.49 Å². The van der Waals surface area contributed by atoms with Crippen LogP contribution in [0, 0.1) is 5.41 Å². The van der Waals surface area contributed by atoms with E-state index >= 15 is 0 Å². The van der Waals surface area contributed by atoms with Crippen LogP contribution in [-0.4, -0.2) is 43.6 Å². The molecule has 6 nitrogen and oxygen atoms in total. The van der Waals surface area contributed by atoms with Crippen LogP contribution in [0.1, 0.15) is 41.5 Å². The average Bonchev–Trinajstić information content (AvgIpc) is 2.40. The van der Waals surface area contributed by atoms with Gasteiger partial charge >= 0.3 is 0 Å². The highest BCUT2D eigenvalue weighted by Crippen LogP contribution is 2.43. The van der Waals surface area contributed by atoms with Crippen molar-refractivity contribution in [2.45, 2.75) is 63.1 Å². The molecule has 2 atom stereocenters. The molecule has 0 aromatic heterocycles. The molecule has 0 aliphatic carbocycles. The van der Waals surface area contributed by atoms with E-state index in [0.717, 1.165) is 0 Å². The van der Waals surface area contributed by atoms with Crippen molar-refractivity contribution >= 4 is 45.6 Å². The van der Waals surface area contributed by atoms with Gasteiger partial charge in [-0.05, 0) is 41.5 Å². The van der Waals surface area contributed by atoms with Gasteiger partial charge in [-0.15, -0.1) is 0 Å². The molecule has 0 bridgehead atoms. The third kappa shape index (κ3) is 3.15. The fourth-order valence-corrected chi connectivity index (χ4v) is 4.57. The van der Waals surface area contributed by atoms with E-state index in [1.165, 1.54) is 37.4 Å². The van der Waals surface area contributed by atoms with Crippen molar-refractivity contribution in [3.05, 3.63) is 0 Å². The molecule has 0 aromatic carbocycles. The fourth-order valence-electron chi connectivity index (χ4n) is 2.40. The Morgan fingerprint density at radius 2 is 1.17 bits per heavy atom. The van der Waals surface area contributed by atoms with Crippen molar-refractivity contribution in [2.24, 2.45) is 5.41 Å². The van der Waals surface area contributed by atoms with Crippen LogP contribution in [0.2, 0.25) is 0 Å². The zero-order valence-electron chi connectivity index (χ0n) is 14.1. The Morgan fingerprint density at radius 1 is 0.870 bits per heavy atom. The van der Waals surface area contributed by atoms with Crippen LogP contribution in [0.5, 0.6) is 0 Å². The molecule has 0 radical (unpaired) electrons. The summed E-state index contributed by atoms with van der Waals surface area (Å²) >= 11 is 2.35. The molecule has 2 amide bonds. The largest absolute Gasteiger partial charge is 0.343 e. The van der Waals surface area contributed by atoms with Crippen LogP contribution in [0.4, 0.5) is 0 Å². The Labute approximate surface area is 144 Å². The van der Waals surface area contributed by atoms with Crippen molar-refractivity contribution in [1.29, 1.82) is 0 Å². The summed E-state index contributed by atoms with van der Waals surface area (Å²) < 4.78 is -0.746. The van der Waals surface area contributed by atoms with E-state index < -0.39 is 29.3 Å². The predicted octanol–water partition coefficient (Wildman–Crippen LogP) is 1.09. The average molecular weight is 358 g/mol. The second-order valence-corrected chi connectivity index (χ2v) is 10.8. The van der Waals surface area contributed by atoms with Gasteiger partial charge in [0.05, 0.1) is 0 Å². The molecule has 2 aliphatic heterocycles. The number of carbonyl (C=O) groups excluding carboxylic acids is 4. The Hall–Kier alpha value is -1.02. The van der Waals surface area contributed by atoms with E-state index in [9.17, 15) is 19.2 Å². The number of hydrogen-bond donors (Lipinski definition) is 2. The Balaban J connectivity index is 2.02. The predicted molar refractivity (Wildman–Crippen MR) is 91.0 cm³/mol. The summed E-state index contributed by atoms with van der Waals surface area (Å²) in [7, 11) is 0. The van der Waals surface area contributed by atoms with Crippen LogP contribution < -0.4 is 10.6 Å². The Bertz CT molecular complexity index is 548. The van der Waals surface area contributed by atoms with Crippen molar-refractivity contribution in [1.82, 2.24) is 10.6 Å². The first-order valence-corrected chi connectivity index (χ1v) is 9.00. The molecule has 23 heavy (non-hydrogen) atoms. The molecule has 2 rings (SSSR count). The highest BCUT2D eigenvalue weighted by atomic mass is 32.2. The maximum atomic E-state index is 12.4. The van der Waals surface area contributed by atoms with Gasteiger partial charge in [-0.1, -0.05) is 23.5 Å². The van der Waals surface area contributed by atoms with Crippen LogP contribution >= 0.6 is 23.5 Å².